The summed E-state index contributed by atoms with van der Waals surface area (Å²) in [6.45, 7) is 1.04. The number of hydrogen-bond acceptors (Lipinski definition) is 3. The third-order valence-electron chi connectivity index (χ3n) is 2.92. The fourth-order valence-corrected chi connectivity index (χ4v) is 2.10. The topological polar surface area (TPSA) is 37.8 Å². The molecule has 0 amide bonds. The zero-order valence-electron chi connectivity index (χ0n) is 8.45. The van der Waals surface area contributed by atoms with Crippen LogP contribution in [-0.4, -0.2) is 16.5 Å². The highest BCUT2D eigenvalue weighted by molar-refractivity contribution is 5.31. The first-order chi connectivity index (χ1) is 6.95. The standard InChI is InChI=1S/C11H17N3/c1-2-4-10(3-1)5-8-13-11-6-7-12-9-14-11/h6-7,9-10H,1-5,8H2,(H,12,13,14). The monoisotopic (exact) mass is 191 g/mol. The maximum atomic E-state index is 4.12. The lowest BCUT2D eigenvalue weighted by molar-refractivity contribution is 0.518. The third-order valence-corrected chi connectivity index (χ3v) is 2.92. The Morgan fingerprint density at radius 2 is 2.21 bits per heavy atom. The van der Waals surface area contributed by atoms with Crippen LogP contribution in [0.2, 0.25) is 0 Å². The van der Waals surface area contributed by atoms with Crippen molar-refractivity contribution in [3.63, 3.8) is 0 Å². The minimum atomic E-state index is 0.943. The van der Waals surface area contributed by atoms with Crippen molar-refractivity contribution in [3.8, 4) is 0 Å². The average molecular weight is 191 g/mol. The largest absolute Gasteiger partial charge is 0.370 e. The summed E-state index contributed by atoms with van der Waals surface area (Å²) in [5.74, 6) is 1.89. The van der Waals surface area contributed by atoms with Crippen molar-refractivity contribution in [2.24, 2.45) is 5.92 Å². The smallest absolute Gasteiger partial charge is 0.129 e. The number of anilines is 1. The van der Waals surface area contributed by atoms with Gasteiger partial charge in [0.25, 0.3) is 0 Å². The molecule has 0 unspecified atom stereocenters. The molecule has 0 spiro atoms. The predicted octanol–water partition coefficient (Wildman–Crippen LogP) is 2.47. The van der Waals surface area contributed by atoms with E-state index < -0.39 is 0 Å². The molecule has 3 nitrogen and oxygen atoms in total. The molecule has 1 saturated carbocycles. The maximum Gasteiger partial charge on any atom is 0.129 e. The number of rotatable bonds is 4. The lowest BCUT2D eigenvalue weighted by atomic mass is 10.0. The molecule has 0 radical (unpaired) electrons. The Morgan fingerprint density at radius 1 is 1.36 bits per heavy atom. The van der Waals surface area contributed by atoms with E-state index in [4.69, 9.17) is 0 Å². The molecule has 1 aliphatic carbocycles. The van der Waals surface area contributed by atoms with Gasteiger partial charge in [0, 0.05) is 12.7 Å². The minimum Gasteiger partial charge on any atom is -0.370 e. The number of nitrogens with one attached hydrogen (secondary N) is 1. The van der Waals surface area contributed by atoms with Crippen LogP contribution in [0.5, 0.6) is 0 Å². The molecule has 1 aromatic rings. The van der Waals surface area contributed by atoms with Crippen LogP contribution in [0.1, 0.15) is 32.1 Å². The van der Waals surface area contributed by atoms with Crippen LogP contribution >= 0.6 is 0 Å². The summed E-state index contributed by atoms with van der Waals surface area (Å²) in [6.07, 6.45) is 10.3. The summed E-state index contributed by atoms with van der Waals surface area (Å²) in [6, 6.07) is 1.91. The molecule has 2 rings (SSSR count). The van der Waals surface area contributed by atoms with Gasteiger partial charge in [0.15, 0.2) is 0 Å². The van der Waals surface area contributed by atoms with Gasteiger partial charge in [-0.25, -0.2) is 9.97 Å². The van der Waals surface area contributed by atoms with Gasteiger partial charge in [0.05, 0.1) is 0 Å². The van der Waals surface area contributed by atoms with Crippen molar-refractivity contribution in [2.45, 2.75) is 32.1 Å². The third kappa shape index (κ3) is 2.69. The molecule has 76 valence electrons. The van der Waals surface area contributed by atoms with Crippen LogP contribution in [0.4, 0.5) is 5.82 Å². The zero-order valence-corrected chi connectivity index (χ0v) is 8.45. The molecule has 0 saturated heterocycles. The Morgan fingerprint density at radius 3 is 2.93 bits per heavy atom. The second kappa shape index (κ2) is 4.94. The fourth-order valence-electron chi connectivity index (χ4n) is 2.10. The van der Waals surface area contributed by atoms with Gasteiger partial charge in [0.1, 0.15) is 12.1 Å². The van der Waals surface area contributed by atoms with E-state index in [-0.39, 0.29) is 0 Å². The molecule has 0 atom stereocenters. The first kappa shape index (κ1) is 9.44. The molecule has 1 heterocycles. The number of hydrogen-bond donors (Lipinski definition) is 1. The van der Waals surface area contributed by atoms with Crippen LogP contribution in [-0.2, 0) is 0 Å². The van der Waals surface area contributed by atoms with E-state index in [1.54, 1.807) is 12.5 Å². The van der Waals surface area contributed by atoms with Gasteiger partial charge in [-0.2, -0.15) is 0 Å². The molecular weight excluding hydrogens is 174 g/mol. The van der Waals surface area contributed by atoms with Crippen LogP contribution in [0.3, 0.4) is 0 Å². The van der Waals surface area contributed by atoms with E-state index in [9.17, 15) is 0 Å². The summed E-state index contributed by atoms with van der Waals surface area (Å²) < 4.78 is 0. The second-order valence-corrected chi connectivity index (χ2v) is 3.96. The first-order valence-corrected chi connectivity index (χ1v) is 5.45. The Kier molecular flexibility index (Phi) is 3.33. The lowest BCUT2D eigenvalue weighted by Crippen LogP contribution is -2.07. The molecule has 3 heteroatoms. The Bertz CT molecular complexity index is 254. The summed E-state index contributed by atoms with van der Waals surface area (Å²) in [5, 5.41) is 3.32. The highest BCUT2D eigenvalue weighted by atomic mass is 15.0. The van der Waals surface area contributed by atoms with Crippen molar-refractivity contribution in [1.29, 1.82) is 0 Å². The van der Waals surface area contributed by atoms with Crippen molar-refractivity contribution in [1.82, 2.24) is 9.97 Å². The van der Waals surface area contributed by atoms with E-state index in [1.807, 2.05) is 6.07 Å². The highest BCUT2D eigenvalue weighted by Crippen LogP contribution is 2.27. The molecule has 1 N–H and O–H groups in total. The quantitative estimate of drug-likeness (QED) is 0.794. The predicted molar refractivity (Wildman–Crippen MR) is 57.1 cm³/mol. The van der Waals surface area contributed by atoms with Gasteiger partial charge in [-0.1, -0.05) is 25.7 Å². The number of nitrogens with zero attached hydrogens (tertiary/aromatic N) is 2. The molecule has 1 aromatic heterocycles. The van der Waals surface area contributed by atoms with Gasteiger partial charge in [-0.05, 0) is 18.4 Å². The molecular formula is C11H17N3. The summed E-state index contributed by atoms with van der Waals surface area (Å²) in [7, 11) is 0. The SMILES string of the molecule is c1cc(NCCC2CCCC2)ncn1. The van der Waals surface area contributed by atoms with Crippen LogP contribution in [0.15, 0.2) is 18.6 Å². The Labute approximate surface area is 85.0 Å². The molecule has 0 bridgehead atoms. The first-order valence-electron chi connectivity index (χ1n) is 5.45. The maximum absolute atomic E-state index is 4.12. The average Bonchev–Trinajstić information content (AvgIpc) is 2.72. The van der Waals surface area contributed by atoms with E-state index >= 15 is 0 Å². The van der Waals surface area contributed by atoms with Crippen molar-refractivity contribution >= 4 is 5.82 Å². The molecule has 1 aliphatic rings. The van der Waals surface area contributed by atoms with E-state index in [1.165, 1.54) is 32.1 Å². The fraction of sp³-hybridized carbons (Fsp3) is 0.636. The normalized spacial score (nSPS) is 17.1. The van der Waals surface area contributed by atoms with Gasteiger partial charge < -0.3 is 5.32 Å². The number of aromatic nitrogens is 2. The van der Waals surface area contributed by atoms with Crippen LogP contribution < -0.4 is 5.32 Å². The summed E-state index contributed by atoms with van der Waals surface area (Å²) in [4.78, 5) is 8.00. The second-order valence-electron chi connectivity index (χ2n) is 3.96. The van der Waals surface area contributed by atoms with E-state index in [0.717, 1.165) is 18.3 Å². The highest BCUT2D eigenvalue weighted by Gasteiger charge is 2.13. The summed E-state index contributed by atoms with van der Waals surface area (Å²) >= 11 is 0. The molecule has 1 fully saturated rings. The minimum absolute atomic E-state index is 0.943. The Hall–Kier alpha value is -1.12. The van der Waals surface area contributed by atoms with Crippen LogP contribution in [0.25, 0.3) is 0 Å². The van der Waals surface area contributed by atoms with Crippen molar-refractivity contribution in [3.05, 3.63) is 18.6 Å². The lowest BCUT2D eigenvalue weighted by Gasteiger charge is -2.09. The Balaban J connectivity index is 1.67. The van der Waals surface area contributed by atoms with E-state index in [2.05, 4.69) is 15.3 Å². The van der Waals surface area contributed by atoms with Gasteiger partial charge >= 0.3 is 0 Å². The van der Waals surface area contributed by atoms with Crippen molar-refractivity contribution < 1.29 is 0 Å². The van der Waals surface area contributed by atoms with Gasteiger partial charge in [-0.3, -0.25) is 0 Å². The van der Waals surface area contributed by atoms with Gasteiger partial charge in [-0.15, -0.1) is 0 Å². The van der Waals surface area contributed by atoms with Crippen molar-refractivity contribution in [2.75, 3.05) is 11.9 Å². The van der Waals surface area contributed by atoms with E-state index in [0.29, 0.717) is 0 Å². The van der Waals surface area contributed by atoms with Crippen LogP contribution in [0, 0.1) is 5.92 Å². The molecule has 0 aliphatic heterocycles. The molecule has 14 heavy (non-hydrogen) atoms. The molecule has 0 aromatic carbocycles. The zero-order chi connectivity index (χ0) is 9.64. The summed E-state index contributed by atoms with van der Waals surface area (Å²) in [5.41, 5.74) is 0. The van der Waals surface area contributed by atoms with Gasteiger partial charge in [0.2, 0.25) is 0 Å².